The van der Waals surface area contributed by atoms with Crippen molar-refractivity contribution >= 4 is 11.8 Å². The van der Waals surface area contributed by atoms with Crippen molar-refractivity contribution in [3.05, 3.63) is 0 Å². The van der Waals surface area contributed by atoms with Gasteiger partial charge in [-0.1, -0.05) is 6.92 Å². The van der Waals surface area contributed by atoms with Crippen molar-refractivity contribution in [1.82, 2.24) is 5.32 Å². The normalized spacial score (nSPS) is 31.4. The highest BCUT2D eigenvalue weighted by Crippen LogP contribution is 2.29. The Hall–Kier alpha value is 0.270. The summed E-state index contributed by atoms with van der Waals surface area (Å²) in [5, 5.41) is 3.76. The first-order valence-corrected chi connectivity index (χ1v) is 7.33. The molecule has 1 atom stereocenters. The summed E-state index contributed by atoms with van der Waals surface area (Å²) in [5.74, 6) is 2.68. The number of ether oxygens (including phenoxy) is 1. The Morgan fingerprint density at radius 2 is 2.20 bits per heavy atom. The molecular formula is C12H23NOS. The zero-order valence-corrected chi connectivity index (χ0v) is 10.6. The standard InChI is InChI=1S/C12H23NOS/c1-12(4-6-14-7-5-12)10-13-11-3-2-8-15-9-11/h11,13H,2-10H2,1H3. The summed E-state index contributed by atoms with van der Waals surface area (Å²) < 4.78 is 5.42. The molecule has 2 heterocycles. The van der Waals surface area contributed by atoms with Crippen LogP contribution in [-0.4, -0.2) is 37.3 Å². The minimum absolute atomic E-state index is 0.486. The molecule has 2 rings (SSSR count). The zero-order chi connectivity index (χ0) is 10.6. The quantitative estimate of drug-likeness (QED) is 0.802. The Morgan fingerprint density at radius 1 is 1.40 bits per heavy atom. The van der Waals surface area contributed by atoms with Gasteiger partial charge in [0.15, 0.2) is 0 Å². The van der Waals surface area contributed by atoms with Crippen LogP contribution in [-0.2, 0) is 4.74 Å². The van der Waals surface area contributed by atoms with Gasteiger partial charge in [0.05, 0.1) is 0 Å². The molecule has 3 heteroatoms. The van der Waals surface area contributed by atoms with Gasteiger partial charge in [-0.3, -0.25) is 0 Å². The molecule has 0 amide bonds. The van der Waals surface area contributed by atoms with Crippen LogP contribution in [0.15, 0.2) is 0 Å². The molecule has 88 valence electrons. The lowest BCUT2D eigenvalue weighted by Crippen LogP contribution is -2.43. The van der Waals surface area contributed by atoms with Crippen LogP contribution in [0.2, 0.25) is 0 Å². The van der Waals surface area contributed by atoms with Gasteiger partial charge < -0.3 is 10.1 Å². The van der Waals surface area contributed by atoms with E-state index in [0.717, 1.165) is 19.3 Å². The third-order valence-electron chi connectivity index (χ3n) is 3.68. The zero-order valence-electron chi connectivity index (χ0n) is 9.76. The molecular weight excluding hydrogens is 206 g/mol. The molecule has 1 N–H and O–H groups in total. The Balaban J connectivity index is 1.70. The third kappa shape index (κ3) is 3.65. The molecule has 2 nitrogen and oxygen atoms in total. The molecule has 0 bridgehead atoms. The van der Waals surface area contributed by atoms with Crippen LogP contribution < -0.4 is 5.32 Å². The second-order valence-electron chi connectivity index (χ2n) is 5.22. The van der Waals surface area contributed by atoms with Gasteiger partial charge in [0.1, 0.15) is 0 Å². The van der Waals surface area contributed by atoms with E-state index in [2.05, 4.69) is 24.0 Å². The fourth-order valence-electron chi connectivity index (χ4n) is 2.33. The second kappa shape index (κ2) is 5.55. The fourth-order valence-corrected chi connectivity index (χ4v) is 3.44. The Labute approximate surface area is 97.5 Å². The number of hydrogen-bond acceptors (Lipinski definition) is 3. The number of hydrogen-bond donors (Lipinski definition) is 1. The lowest BCUT2D eigenvalue weighted by molar-refractivity contribution is 0.0230. The number of nitrogens with one attached hydrogen (secondary N) is 1. The maximum Gasteiger partial charge on any atom is 0.0471 e. The SMILES string of the molecule is CC1(CNC2CCCSC2)CCOCC1. The summed E-state index contributed by atoms with van der Waals surface area (Å²) in [7, 11) is 0. The van der Waals surface area contributed by atoms with E-state index in [1.54, 1.807) is 0 Å². The van der Waals surface area contributed by atoms with E-state index in [1.165, 1.54) is 43.7 Å². The van der Waals surface area contributed by atoms with E-state index in [-0.39, 0.29) is 0 Å². The van der Waals surface area contributed by atoms with Crippen molar-refractivity contribution in [2.75, 3.05) is 31.3 Å². The minimum Gasteiger partial charge on any atom is -0.381 e. The summed E-state index contributed by atoms with van der Waals surface area (Å²) in [6, 6.07) is 0.767. The van der Waals surface area contributed by atoms with E-state index in [0.29, 0.717) is 5.41 Å². The molecule has 2 saturated heterocycles. The first-order valence-electron chi connectivity index (χ1n) is 6.17. The number of thioether (sulfide) groups is 1. The summed E-state index contributed by atoms with van der Waals surface area (Å²) in [5.41, 5.74) is 0.486. The molecule has 0 radical (unpaired) electrons. The Kier molecular flexibility index (Phi) is 4.35. The second-order valence-corrected chi connectivity index (χ2v) is 6.37. The van der Waals surface area contributed by atoms with Crippen molar-refractivity contribution in [3.8, 4) is 0 Å². The highest BCUT2D eigenvalue weighted by molar-refractivity contribution is 7.99. The molecule has 15 heavy (non-hydrogen) atoms. The van der Waals surface area contributed by atoms with Crippen molar-refractivity contribution in [2.24, 2.45) is 5.41 Å². The molecule has 0 aliphatic carbocycles. The first-order chi connectivity index (χ1) is 7.29. The monoisotopic (exact) mass is 229 g/mol. The topological polar surface area (TPSA) is 21.3 Å². The highest BCUT2D eigenvalue weighted by Gasteiger charge is 2.28. The van der Waals surface area contributed by atoms with Gasteiger partial charge >= 0.3 is 0 Å². The summed E-state index contributed by atoms with van der Waals surface area (Å²) >= 11 is 2.10. The van der Waals surface area contributed by atoms with Crippen molar-refractivity contribution in [2.45, 2.75) is 38.6 Å². The molecule has 0 aromatic carbocycles. The molecule has 2 aliphatic heterocycles. The van der Waals surface area contributed by atoms with Crippen LogP contribution in [0.1, 0.15) is 32.6 Å². The van der Waals surface area contributed by atoms with E-state index in [1.807, 2.05) is 0 Å². The van der Waals surface area contributed by atoms with E-state index < -0.39 is 0 Å². The van der Waals surface area contributed by atoms with Crippen LogP contribution in [0.25, 0.3) is 0 Å². The largest absolute Gasteiger partial charge is 0.381 e. The molecule has 2 fully saturated rings. The maximum absolute atomic E-state index is 5.42. The summed E-state index contributed by atoms with van der Waals surface area (Å²) in [6.45, 7) is 5.50. The van der Waals surface area contributed by atoms with Gasteiger partial charge in [0.2, 0.25) is 0 Å². The van der Waals surface area contributed by atoms with Crippen LogP contribution >= 0.6 is 11.8 Å². The molecule has 0 aromatic heterocycles. The predicted molar refractivity (Wildman–Crippen MR) is 66.5 cm³/mol. The van der Waals surface area contributed by atoms with Gasteiger partial charge in [-0.2, -0.15) is 11.8 Å². The van der Waals surface area contributed by atoms with Gasteiger partial charge in [-0.15, -0.1) is 0 Å². The maximum atomic E-state index is 5.42. The van der Waals surface area contributed by atoms with Crippen LogP contribution in [0.4, 0.5) is 0 Å². The summed E-state index contributed by atoms with van der Waals surface area (Å²) in [4.78, 5) is 0. The average molecular weight is 229 g/mol. The van der Waals surface area contributed by atoms with Gasteiger partial charge in [0.25, 0.3) is 0 Å². The van der Waals surface area contributed by atoms with Crippen LogP contribution in [0.3, 0.4) is 0 Å². The Morgan fingerprint density at radius 3 is 2.87 bits per heavy atom. The van der Waals surface area contributed by atoms with Crippen molar-refractivity contribution in [1.29, 1.82) is 0 Å². The summed E-state index contributed by atoms with van der Waals surface area (Å²) in [6.07, 6.45) is 5.21. The van der Waals surface area contributed by atoms with Gasteiger partial charge in [-0.05, 0) is 36.9 Å². The van der Waals surface area contributed by atoms with Crippen LogP contribution in [0.5, 0.6) is 0 Å². The fraction of sp³-hybridized carbons (Fsp3) is 1.00. The molecule has 0 spiro atoms. The van der Waals surface area contributed by atoms with E-state index in [9.17, 15) is 0 Å². The minimum atomic E-state index is 0.486. The average Bonchev–Trinajstić information content (AvgIpc) is 2.29. The van der Waals surface area contributed by atoms with Crippen molar-refractivity contribution < 1.29 is 4.74 Å². The smallest absolute Gasteiger partial charge is 0.0471 e. The molecule has 0 aromatic rings. The van der Waals surface area contributed by atoms with Crippen molar-refractivity contribution in [3.63, 3.8) is 0 Å². The molecule has 0 saturated carbocycles. The molecule has 2 aliphatic rings. The van der Waals surface area contributed by atoms with Gasteiger partial charge in [-0.25, -0.2) is 0 Å². The van der Waals surface area contributed by atoms with Gasteiger partial charge in [0, 0.05) is 31.6 Å². The lowest BCUT2D eigenvalue weighted by Gasteiger charge is -2.35. The lowest BCUT2D eigenvalue weighted by atomic mass is 9.82. The number of rotatable bonds is 3. The predicted octanol–water partition coefficient (Wildman–Crippen LogP) is 2.29. The third-order valence-corrected chi connectivity index (χ3v) is 4.89. The Bertz CT molecular complexity index is 186. The van der Waals surface area contributed by atoms with E-state index in [4.69, 9.17) is 4.74 Å². The first kappa shape index (κ1) is 11.7. The highest BCUT2D eigenvalue weighted by atomic mass is 32.2. The van der Waals surface area contributed by atoms with E-state index >= 15 is 0 Å². The molecule has 1 unspecified atom stereocenters. The van der Waals surface area contributed by atoms with Crippen LogP contribution in [0, 0.1) is 5.41 Å².